The summed E-state index contributed by atoms with van der Waals surface area (Å²) in [6.07, 6.45) is 4.18. The van der Waals surface area contributed by atoms with Crippen molar-refractivity contribution in [2.75, 3.05) is 25.0 Å². The van der Waals surface area contributed by atoms with E-state index in [4.69, 9.17) is 4.74 Å². The summed E-state index contributed by atoms with van der Waals surface area (Å²) in [4.78, 5) is 20.4. The summed E-state index contributed by atoms with van der Waals surface area (Å²) in [7, 11) is 0. The van der Waals surface area contributed by atoms with E-state index in [1.165, 1.54) is 18.5 Å². The lowest BCUT2D eigenvalue weighted by molar-refractivity contribution is -0.123. The molecule has 0 saturated heterocycles. The second-order valence-electron chi connectivity index (χ2n) is 5.82. The van der Waals surface area contributed by atoms with Crippen LogP contribution in [0.4, 0.5) is 10.2 Å². The molecule has 1 aromatic carbocycles. The summed E-state index contributed by atoms with van der Waals surface area (Å²) >= 11 is 0. The molecule has 0 aliphatic heterocycles. The number of ether oxygens (including phenoxy) is 1. The number of para-hydroxylation sites is 1. The average Bonchev–Trinajstić information content (AvgIpc) is 3.09. The number of hydrogen-bond donors (Lipinski definition) is 2. The van der Waals surface area contributed by atoms with Crippen molar-refractivity contribution in [2.24, 2.45) is 0 Å². The third-order valence-electron chi connectivity index (χ3n) is 3.82. The number of nitrogens with zero attached hydrogens (tertiary/aromatic N) is 4. The number of aromatic nitrogens is 4. The minimum absolute atomic E-state index is 0.0505. The Morgan fingerprint density at radius 2 is 2.11 bits per heavy atom. The third-order valence-corrected chi connectivity index (χ3v) is 3.82. The molecule has 2 heterocycles. The average molecular weight is 372 g/mol. The smallest absolute Gasteiger partial charge is 0.258 e. The molecule has 0 unspecified atom stereocenters. The van der Waals surface area contributed by atoms with Gasteiger partial charge in [-0.1, -0.05) is 19.1 Å². The summed E-state index contributed by atoms with van der Waals surface area (Å²) < 4.78 is 20.3. The normalized spacial score (nSPS) is 10.7. The lowest BCUT2D eigenvalue weighted by atomic mass is 10.3. The van der Waals surface area contributed by atoms with Crippen molar-refractivity contribution >= 4 is 22.8 Å². The molecule has 27 heavy (non-hydrogen) atoms. The maximum absolute atomic E-state index is 13.5. The van der Waals surface area contributed by atoms with Crippen molar-refractivity contribution in [3.63, 3.8) is 0 Å². The topological polar surface area (TPSA) is 94.0 Å². The second-order valence-corrected chi connectivity index (χ2v) is 5.82. The standard InChI is InChI=1S/C18H21FN6O2/c1-2-7-21-17-13-10-24-25(18(13)23-12-22-17)9-8-20-16(26)11-27-15-6-4-3-5-14(15)19/h3-6,10,12H,2,7-9,11H2,1H3,(H,20,26)(H,21,22,23). The first-order valence-electron chi connectivity index (χ1n) is 8.73. The highest BCUT2D eigenvalue weighted by Crippen LogP contribution is 2.18. The predicted octanol–water partition coefficient (Wildman–Crippen LogP) is 1.98. The van der Waals surface area contributed by atoms with E-state index in [2.05, 4.69) is 32.6 Å². The summed E-state index contributed by atoms with van der Waals surface area (Å²) in [5, 5.41) is 11.1. The molecule has 3 aromatic rings. The van der Waals surface area contributed by atoms with Crippen LogP contribution in [-0.4, -0.2) is 45.4 Å². The first-order chi connectivity index (χ1) is 13.2. The number of hydrogen-bond acceptors (Lipinski definition) is 6. The maximum atomic E-state index is 13.5. The van der Waals surface area contributed by atoms with Gasteiger partial charge in [0.25, 0.3) is 5.91 Å². The Labute approximate surface area is 155 Å². The number of benzene rings is 1. The van der Waals surface area contributed by atoms with E-state index in [0.717, 1.165) is 24.2 Å². The Morgan fingerprint density at radius 3 is 2.93 bits per heavy atom. The molecule has 0 aliphatic rings. The Bertz CT molecular complexity index is 914. The zero-order valence-corrected chi connectivity index (χ0v) is 15.0. The monoisotopic (exact) mass is 372 g/mol. The van der Waals surface area contributed by atoms with Crippen molar-refractivity contribution in [1.29, 1.82) is 0 Å². The fraction of sp³-hybridized carbons (Fsp3) is 0.333. The number of carbonyl (C=O) groups is 1. The van der Waals surface area contributed by atoms with Gasteiger partial charge in [0.2, 0.25) is 0 Å². The van der Waals surface area contributed by atoms with Gasteiger partial charge < -0.3 is 15.4 Å². The van der Waals surface area contributed by atoms with Gasteiger partial charge in [-0.15, -0.1) is 0 Å². The molecule has 0 radical (unpaired) electrons. The number of nitrogens with one attached hydrogen (secondary N) is 2. The number of fused-ring (bicyclic) bond motifs is 1. The lowest BCUT2D eigenvalue weighted by Crippen LogP contribution is -2.31. The van der Waals surface area contributed by atoms with Gasteiger partial charge in [-0.05, 0) is 18.6 Å². The molecular formula is C18H21FN6O2. The SMILES string of the molecule is CCCNc1ncnc2c1cnn2CCNC(=O)COc1ccccc1F. The fourth-order valence-electron chi connectivity index (χ4n) is 2.50. The van der Waals surface area contributed by atoms with Crippen molar-refractivity contribution in [3.05, 3.63) is 42.6 Å². The molecular weight excluding hydrogens is 351 g/mol. The Morgan fingerprint density at radius 1 is 1.26 bits per heavy atom. The molecule has 0 atom stereocenters. The van der Waals surface area contributed by atoms with E-state index in [1.54, 1.807) is 23.0 Å². The predicted molar refractivity (Wildman–Crippen MR) is 99.0 cm³/mol. The van der Waals surface area contributed by atoms with Crippen LogP contribution in [0.1, 0.15) is 13.3 Å². The molecule has 8 nitrogen and oxygen atoms in total. The zero-order chi connectivity index (χ0) is 19.1. The van der Waals surface area contributed by atoms with Crippen LogP contribution < -0.4 is 15.4 Å². The van der Waals surface area contributed by atoms with Crippen LogP contribution in [0.2, 0.25) is 0 Å². The van der Waals surface area contributed by atoms with Gasteiger partial charge in [0.1, 0.15) is 12.1 Å². The molecule has 9 heteroatoms. The highest BCUT2D eigenvalue weighted by molar-refractivity contribution is 5.86. The Balaban J connectivity index is 1.51. The van der Waals surface area contributed by atoms with Crippen LogP contribution in [0.5, 0.6) is 5.75 Å². The highest BCUT2D eigenvalue weighted by atomic mass is 19.1. The van der Waals surface area contributed by atoms with E-state index in [0.29, 0.717) is 18.7 Å². The molecule has 0 fully saturated rings. The fourth-order valence-corrected chi connectivity index (χ4v) is 2.50. The molecule has 2 N–H and O–H groups in total. The number of anilines is 1. The first kappa shape index (κ1) is 18.6. The Hall–Kier alpha value is -3.23. The zero-order valence-electron chi connectivity index (χ0n) is 15.0. The maximum Gasteiger partial charge on any atom is 0.258 e. The van der Waals surface area contributed by atoms with Crippen molar-refractivity contribution in [1.82, 2.24) is 25.1 Å². The summed E-state index contributed by atoms with van der Waals surface area (Å²) in [6, 6.07) is 5.96. The van der Waals surface area contributed by atoms with Gasteiger partial charge in [-0.3, -0.25) is 4.79 Å². The lowest BCUT2D eigenvalue weighted by Gasteiger charge is -2.09. The number of carbonyl (C=O) groups excluding carboxylic acids is 1. The summed E-state index contributed by atoms with van der Waals surface area (Å²) in [5.74, 6) is -0.0416. The second kappa shape index (κ2) is 8.93. The Kier molecular flexibility index (Phi) is 6.14. The number of amides is 1. The summed E-state index contributed by atoms with van der Waals surface area (Å²) in [6.45, 7) is 3.42. The minimum Gasteiger partial charge on any atom is -0.481 e. The van der Waals surface area contributed by atoms with Gasteiger partial charge in [0, 0.05) is 13.1 Å². The van der Waals surface area contributed by atoms with E-state index in [-0.39, 0.29) is 18.3 Å². The molecule has 3 rings (SSSR count). The van der Waals surface area contributed by atoms with Gasteiger partial charge in [0.05, 0.1) is 18.1 Å². The van der Waals surface area contributed by atoms with Crippen LogP contribution in [0.3, 0.4) is 0 Å². The highest BCUT2D eigenvalue weighted by Gasteiger charge is 2.10. The van der Waals surface area contributed by atoms with Gasteiger partial charge in [-0.2, -0.15) is 5.10 Å². The molecule has 0 bridgehead atoms. The molecule has 142 valence electrons. The third kappa shape index (κ3) is 4.69. The van der Waals surface area contributed by atoms with Gasteiger partial charge in [-0.25, -0.2) is 19.0 Å². The minimum atomic E-state index is -0.500. The quantitative estimate of drug-likeness (QED) is 0.597. The molecule has 0 spiro atoms. The van der Waals surface area contributed by atoms with Crippen molar-refractivity contribution in [2.45, 2.75) is 19.9 Å². The van der Waals surface area contributed by atoms with E-state index >= 15 is 0 Å². The van der Waals surface area contributed by atoms with Crippen molar-refractivity contribution in [3.8, 4) is 5.75 Å². The molecule has 2 aromatic heterocycles. The van der Waals surface area contributed by atoms with Crippen LogP contribution in [-0.2, 0) is 11.3 Å². The number of halogens is 1. The number of rotatable bonds is 9. The van der Waals surface area contributed by atoms with E-state index < -0.39 is 5.82 Å². The van der Waals surface area contributed by atoms with Crippen molar-refractivity contribution < 1.29 is 13.9 Å². The molecule has 0 saturated carbocycles. The van der Waals surface area contributed by atoms with Crippen LogP contribution in [0.25, 0.3) is 11.0 Å². The van der Waals surface area contributed by atoms with E-state index in [9.17, 15) is 9.18 Å². The first-order valence-corrected chi connectivity index (χ1v) is 8.73. The molecule has 1 amide bonds. The largest absolute Gasteiger partial charge is 0.481 e. The summed E-state index contributed by atoms with van der Waals surface area (Å²) in [5.41, 5.74) is 0.695. The van der Waals surface area contributed by atoms with Crippen LogP contribution in [0, 0.1) is 5.82 Å². The molecule has 0 aliphatic carbocycles. The van der Waals surface area contributed by atoms with Gasteiger partial charge in [0.15, 0.2) is 23.8 Å². The van der Waals surface area contributed by atoms with Crippen LogP contribution in [0.15, 0.2) is 36.8 Å². The van der Waals surface area contributed by atoms with E-state index in [1.807, 2.05) is 0 Å². The van der Waals surface area contributed by atoms with Crippen LogP contribution >= 0.6 is 0 Å². The van der Waals surface area contributed by atoms with Gasteiger partial charge >= 0.3 is 0 Å².